The Morgan fingerprint density at radius 3 is 2.71 bits per heavy atom. The Balaban J connectivity index is 2.53. The van der Waals surface area contributed by atoms with E-state index < -0.39 is 15.3 Å². The molecule has 0 aromatic rings. The van der Waals surface area contributed by atoms with E-state index in [1.165, 1.54) is 0 Å². The van der Waals surface area contributed by atoms with E-state index in [0.717, 1.165) is 19.4 Å². The molecule has 1 aliphatic heterocycles. The van der Waals surface area contributed by atoms with Crippen molar-refractivity contribution in [3.05, 3.63) is 0 Å². The molecule has 1 heterocycles. The number of hydrogen-bond donors (Lipinski definition) is 1. The van der Waals surface area contributed by atoms with Gasteiger partial charge in [0.25, 0.3) is 0 Å². The summed E-state index contributed by atoms with van der Waals surface area (Å²) in [5.74, 6) is 2.26. The maximum atomic E-state index is 12.7. The minimum atomic E-state index is -1.26. The van der Waals surface area contributed by atoms with E-state index in [-0.39, 0.29) is 12.4 Å². The molecule has 2 rings (SSSR count). The Morgan fingerprint density at radius 1 is 1.43 bits per heavy atom. The number of alkyl halides is 1. The molecule has 21 heavy (non-hydrogen) atoms. The average molecular weight is 358 g/mol. The summed E-state index contributed by atoms with van der Waals surface area (Å²) in [6.07, 6.45) is 7.98. The van der Waals surface area contributed by atoms with Crippen LogP contribution in [0.3, 0.4) is 0 Å². The molecule has 0 unspecified atom stereocenters. The maximum absolute atomic E-state index is 12.7. The third kappa shape index (κ3) is 2.32. The van der Waals surface area contributed by atoms with E-state index in [1.807, 2.05) is 0 Å². The summed E-state index contributed by atoms with van der Waals surface area (Å²) in [4.78, 5) is 14.9. The highest BCUT2D eigenvalue weighted by Gasteiger charge is 2.70. The van der Waals surface area contributed by atoms with E-state index in [4.69, 9.17) is 11.2 Å². The van der Waals surface area contributed by atoms with Gasteiger partial charge in [-0.05, 0) is 26.3 Å². The number of nitrogens with zero attached hydrogens (tertiary/aromatic N) is 1. The van der Waals surface area contributed by atoms with Crippen molar-refractivity contribution in [2.45, 2.75) is 49.5 Å². The summed E-state index contributed by atoms with van der Waals surface area (Å²) in [6, 6.07) is 0. The Hall–Kier alpha value is -0.570. The lowest BCUT2D eigenvalue weighted by molar-refractivity contribution is -0.206. The summed E-state index contributed by atoms with van der Waals surface area (Å²) in [6.45, 7) is 6.21. The second kappa shape index (κ2) is 5.91. The highest BCUT2D eigenvalue weighted by atomic mass is 79.9. The summed E-state index contributed by atoms with van der Waals surface area (Å²) < 4.78 is 4.77. The SMILES string of the molecule is C#CC[C@@]1(O)[C@]2(Br)CCC[C@@]1(C(=O)OCC)CN(CC)C2. The zero-order valence-electron chi connectivity index (χ0n) is 12.8. The second-order valence-corrected chi connectivity index (χ2v) is 7.68. The van der Waals surface area contributed by atoms with Crippen LogP contribution in [0, 0.1) is 17.8 Å². The van der Waals surface area contributed by atoms with E-state index in [1.54, 1.807) is 6.92 Å². The van der Waals surface area contributed by atoms with Gasteiger partial charge in [0.15, 0.2) is 0 Å². The Labute approximate surface area is 135 Å². The predicted octanol–water partition coefficient (Wildman–Crippen LogP) is 1.94. The number of fused-ring (bicyclic) bond motifs is 2. The summed E-state index contributed by atoms with van der Waals surface area (Å²) in [5.41, 5.74) is -2.20. The zero-order valence-corrected chi connectivity index (χ0v) is 14.4. The number of carbonyl (C=O) groups is 1. The second-order valence-electron chi connectivity index (χ2n) is 6.17. The maximum Gasteiger partial charge on any atom is 0.316 e. The highest BCUT2D eigenvalue weighted by molar-refractivity contribution is 9.10. The number of carbonyl (C=O) groups excluding carboxylic acids is 1. The molecule has 2 bridgehead atoms. The van der Waals surface area contributed by atoms with Crippen LogP contribution in [0.25, 0.3) is 0 Å². The number of ether oxygens (including phenoxy) is 1. The van der Waals surface area contributed by atoms with Gasteiger partial charge in [0, 0.05) is 19.5 Å². The molecule has 3 atom stereocenters. The largest absolute Gasteiger partial charge is 0.465 e. The van der Waals surface area contributed by atoms with Gasteiger partial charge in [-0.15, -0.1) is 12.3 Å². The molecule has 0 radical (unpaired) electrons. The summed E-state index contributed by atoms with van der Waals surface area (Å²) >= 11 is 3.75. The fourth-order valence-electron chi connectivity index (χ4n) is 4.03. The molecule has 0 spiro atoms. The van der Waals surface area contributed by atoms with Gasteiger partial charge in [-0.1, -0.05) is 29.3 Å². The Bertz CT molecular complexity index is 463. The first-order valence-corrected chi connectivity index (χ1v) is 8.43. The lowest BCUT2D eigenvalue weighted by Crippen LogP contribution is -2.75. The smallest absolute Gasteiger partial charge is 0.316 e. The Kier molecular flexibility index (Phi) is 4.72. The van der Waals surface area contributed by atoms with Crippen molar-refractivity contribution in [2.24, 2.45) is 5.41 Å². The van der Waals surface area contributed by atoms with Crippen LogP contribution in [0.4, 0.5) is 0 Å². The molecule has 2 aliphatic rings. The van der Waals surface area contributed by atoms with Crippen LogP contribution in [0.1, 0.15) is 39.5 Å². The van der Waals surface area contributed by atoms with E-state index in [0.29, 0.717) is 26.1 Å². The number of aliphatic hydroxyl groups is 1. The van der Waals surface area contributed by atoms with Crippen molar-refractivity contribution < 1.29 is 14.6 Å². The molecule has 118 valence electrons. The van der Waals surface area contributed by atoms with Crippen molar-refractivity contribution in [1.29, 1.82) is 0 Å². The van der Waals surface area contributed by atoms with Crippen molar-refractivity contribution in [3.63, 3.8) is 0 Å². The minimum absolute atomic E-state index is 0.161. The van der Waals surface area contributed by atoms with Gasteiger partial charge >= 0.3 is 5.97 Å². The van der Waals surface area contributed by atoms with Crippen LogP contribution in [0.2, 0.25) is 0 Å². The first-order valence-electron chi connectivity index (χ1n) is 7.63. The van der Waals surface area contributed by atoms with Gasteiger partial charge in [0.2, 0.25) is 0 Å². The standard InChI is InChI=1S/C16H24BrNO3/c1-4-8-16(20)14(13(19)21-6-3)9-7-10-15(16,17)12-18(5-2)11-14/h1,20H,5-12H2,2-3H3/t14-,15-,16-/m0/s1. The molecule has 0 aromatic heterocycles. The topological polar surface area (TPSA) is 49.8 Å². The normalized spacial score (nSPS) is 39.6. The van der Waals surface area contributed by atoms with Gasteiger partial charge in [0.05, 0.1) is 10.9 Å². The van der Waals surface area contributed by atoms with Crippen LogP contribution < -0.4 is 0 Å². The summed E-state index contributed by atoms with van der Waals surface area (Å²) in [5, 5.41) is 11.5. The third-order valence-electron chi connectivity index (χ3n) is 5.15. The molecular formula is C16H24BrNO3. The first-order chi connectivity index (χ1) is 9.89. The molecule has 1 saturated heterocycles. The first kappa shape index (κ1) is 16.8. The highest BCUT2D eigenvalue weighted by Crippen LogP contribution is 2.59. The fraction of sp³-hybridized carbons (Fsp3) is 0.812. The lowest BCUT2D eigenvalue weighted by atomic mass is 9.54. The molecule has 4 nitrogen and oxygen atoms in total. The van der Waals surface area contributed by atoms with Crippen molar-refractivity contribution in [2.75, 3.05) is 26.2 Å². The van der Waals surface area contributed by atoms with Crippen molar-refractivity contribution in [1.82, 2.24) is 4.90 Å². The molecule has 2 fully saturated rings. The molecule has 1 aliphatic carbocycles. The predicted molar refractivity (Wildman–Crippen MR) is 85.1 cm³/mol. The lowest BCUT2D eigenvalue weighted by Gasteiger charge is -2.62. The van der Waals surface area contributed by atoms with Gasteiger partial charge in [-0.2, -0.15) is 0 Å². The number of piperidine rings is 1. The van der Waals surface area contributed by atoms with Crippen LogP contribution in [-0.2, 0) is 9.53 Å². The van der Waals surface area contributed by atoms with Gasteiger partial charge in [-0.25, -0.2) is 0 Å². The minimum Gasteiger partial charge on any atom is -0.465 e. The van der Waals surface area contributed by atoms with E-state index in [9.17, 15) is 9.90 Å². The fourth-order valence-corrected chi connectivity index (χ4v) is 5.18. The number of terminal acetylenes is 1. The third-order valence-corrected chi connectivity index (χ3v) is 6.45. The monoisotopic (exact) mass is 357 g/mol. The van der Waals surface area contributed by atoms with Gasteiger partial charge < -0.3 is 14.7 Å². The number of hydrogen-bond acceptors (Lipinski definition) is 4. The zero-order chi connectivity index (χ0) is 15.7. The number of esters is 1. The number of rotatable bonds is 4. The molecule has 0 aromatic carbocycles. The molecular weight excluding hydrogens is 334 g/mol. The molecule has 1 N–H and O–H groups in total. The average Bonchev–Trinajstić information content (AvgIpc) is 2.41. The quantitative estimate of drug-likeness (QED) is 0.474. The van der Waals surface area contributed by atoms with Crippen LogP contribution >= 0.6 is 15.9 Å². The number of likely N-dealkylation sites (tertiary alicyclic amines) is 1. The molecule has 5 heteroatoms. The Morgan fingerprint density at radius 2 is 2.14 bits per heavy atom. The van der Waals surface area contributed by atoms with Crippen LogP contribution in [-0.4, -0.2) is 52.1 Å². The van der Waals surface area contributed by atoms with Crippen LogP contribution in [0.15, 0.2) is 0 Å². The van der Waals surface area contributed by atoms with Gasteiger partial charge in [0.1, 0.15) is 11.0 Å². The van der Waals surface area contributed by atoms with Crippen molar-refractivity contribution in [3.8, 4) is 12.3 Å². The van der Waals surface area contributed by atoms with Gasteiger partial charge in [-0.3, -0.25) is 4.79 Å². The van der Waals surface area contributed by atoms with E-state index in [2.05, 4.69) is 33.7 Å². The van der Waals surface area contributed by atoms with Crippen LogP contribution in [0.5, 0.6) is 0 Å². The summed E-state index contributed by atoms with van der Waals surface area (Å²) in [7, 11) is 0. The molecule has 0 amide bonds. The van der Waals surface area contributed by atoms with E-state index >= 15 is 0 Å². The van der Waals surface area contributed by atoms with Crippen molar-refractivity contribution >= 4 is 21.9 Å². The number of halogens is 1. The molecule has 1 saturated carbocycles.